The van der Waals surface area contributed by atoms with Crippen molar-refractivity contribution in [1.82, 2.24) is 9.78 Å². The monoisotopic (exact) mass is 294 g/mol. The molecule has 3 nitrogen and oxygen atoms in total. The predicted octanol–water partition coefficient (Wildman–Crippen LogP) is 2.77. The van der Waals surface area contributed by atoms with Crippen molar-refractivity contribution in [2.45, 2.75) is 19.4 Å². The van der Waals surface area contributed by atoms with Crippen molar-refractivity contribution in [3.8, 4) is 0 Å². The van der Waals surface area contributed by atoms with Crippen LogP contribution in [0.25, 0.3) is 0 Å². The third-order valence-corrected chi connectivity index (χ3v) is 3.38. The minimum absolute atomic E-state index is 0.543. The number of aryl methyl sites for hydroxylation is 2. The molecule has 0 aliphatic rings. The van der Waals surface area contributed by atoms with E-state index in [1.807, 2.05) is 19.2 Å². The Kier molecular flexibility index (Phi) is 3.64. The van der Waals surface area contributed by atoms with Gasteiger partial charge >= 0.3 is 0 Å². The van der Waals surface area contributed by atoms with Crippen LogP contribution < -0.4 is 0 Å². The Morgan fingerprint density at radius 2 is 2.24 bits per heavy atom. The smallest absolute Gasteiger partial charge is 0.101 e. The molecule has 0 radical (unpaired) electrons. The van der Waals surface area contributed by atoms with Gasteiger partial charge in [0.2, 0.25) is 0 Å². The van der Waals surface area contributed by atoms with E-state index < -0.39 is 6.10 Å². The molecule has 0 fully saturated rings. The molecular weight excluding hydrogens is 280 g/mol. The Hall–Kier alpha value is -1.13. The lowest BCUT2D eigenvalue weighted by Crippen LogP contribution is -2.08. The maximum absolute atomic E-state index is 10.2. The molecule has 1 aromatic carbocycles. The molecule has 0 amide bonds. The van der Waals surface area contributed by atoms with E-state index in [1.54, 1.807) is 10.9 Å². The summed E-state index contributed by atoms with van der Waals surface area (Å²) >= 11 is 3.40. The fraction of sp³-hybridized carbons (Fsp3) is 0.308. The van der Waals surface area contributed by atoms with Gasteiger partial charge in [0.25, 0.3) is 0 Å². The van der Waals surface area contributed by atoms with Gasteiger partial charge in [-0.2, -0.15) is 5.10 Å². The zero-order chi connectivity index (χ0) is 12.4. The summed E-state index contributed by atoms with van der Waals surface area (Å²) in [6, 6.07) is 8.18. The highest BCUT2D eigenvalue weighted by Crippen LogP contribution is 2.25. The van der Waals surface area contributed by atoms with Crippen LogP contribution >= 0.6 is 15.9 Å². The van der Waals surface area contributed by atoms with E-state index in [2.05, 4.69) is 40.1 Å². The molecule has 0 aliphatic heterocycles. The Morgan fingerprint density at radius 1 is 1.47 bits per heavy atom. The number of rotatable bonds is 3. The summed E-state index contributed by atoms with van der Waals surface area (Å²) in [5.41, 5.74) is 3.15. The van der Waals surface area contributed by atoms with Gasteiger partial charge in [-0.25, -0.2) is 0 Å². The number of aliphatic hydroxyl groups excluding tert-OH is 1. The van der Waals surface area contributed by atoms with E-state index >= 15 is 0 Å². The Bertz CT molecular complexity index is 502. The largest absolute Gasteiger partial charge is 0.386 e. The fourth-order valence-corrected chi connectivity index (χ4v) is 2.57. The van der Waals surface area contributed by atoms with Crippen molar-refractivity contribution in [3.05, 3.63) is 51.8 Å². The van der Waals surface area contributed by atoms with Crippen molar-refractivity contribution < 1.29 is 5.11 Å². The Balaban J connectivity index is 2.20. The second kappa shape index (κ2) is 5.02. The number of hydrogen-bond acceptors (Lipinski definition) is 2. The molecular formula is C13H15BrN2O. The highest BCUT2D eigenvalue weighted by Gasteiger charge is 2.16. The molecule has 0 bridgehead atoms. The van der Waals surface area contributed by atoms with Gasteiger partial charge in [-0.1, -0.05) is 29.8 Å². The summed E-state index contributed by atoms with van der Waals surface area (Å²) < 4.78 is 2.55. The predicted molar refractivity (Wildman–Crippen MR) is 70.8 cm³/mol. The van der Waals surface area contributed by atoms with Gasteiger partial charge in [-0.15, -0.1) is 0 Å². The van der Waals surface area contributed by atoms with Gasteiger partial charge in [0.1, 0.15) is 6.10 Å². The van der Waals surface area contributed by atoms with Crippen LogP contribution in [0.15, 0.2) is 34.9 Å². The van der Waals surface area contributed by atoms with Crippen LogP contribution in [0.1, 0.15) is 22.9 Å². The van der Waals surface area contributed by atoms with Crippen molar-refractivity contribution in [2.75, 3.05) is 0 Å². The molecule has 0 spiro atoms. The van der Waals surface area contributed by atoms with Crippen LogP contribution in [0.5, 0.6) is 0 Å². The van der Waals surface area contributed by atoms with E-state index in [0.717, 1.165) is 15.7 Å². The summed E-state index contributed by atoms with van der Waals surface area (Å²) in [5, 5.41) is 14.3. The minimum atomic E-state index is -0.543. The number of halogens is 1. The third-order valence-electron chi connectivity index (χ3n) is 2.76. The van der Waals surface area contributed by atoms with Gasteiger partial charge < -0.3 is 5.11 Å². The molecule has 0 aliphatic carbocycles. The minimum Gasteiger partial charge on any atom is -0.386 e. The SMILES string of the molecule is Cc1cccc(CC(O)c2c(Br)cnn2C)c1. The summed E-state index contributed by atoms with van der Waals surface area (Å²) in [4.78, 5) is 0. The number of aliphatic hydroxyl groups is 1. The topological polar surface area (TPSA) is 38.1 Å². The third kappa shape index (κ3) is 2.76. The summed E-state index contributed by atoms with van der Waals surface area (Å²) in [6.45, 7) is 2.05. The highest BCUT2D eigenvalue weighted by molar-refractivity contribution is 9.10. The first-order chi connectivity index (χ1) is 8.08. The summed E-state index contributed by atoms with van der Waals surface area (Å²) in [5.74, 6) is 0. The van der Waals surface area contributed by atoms with Crippen molar-refractivity contribution in [2.24, 2.45) is 7.05 Å². The number of benzene rings is 1. The lowest BCUT2D eigenvalue weighted by molar-refractivity contribution is 0.168. The van der Waals surface area contributed by atoms with Gasteiger partial charge in [0.15, 0.2) is 0 Å². The molecule has 1 heterocycles. The zero-order valence-corrected chi connectivity index (χ0v) is 11.5. The first-order valence-corrected chi connectivity index (χ1v) is 6.28. The van der Waals surface area contributed by atoms with Crippen molar-refractivity contribution in [3.63, 3.8) is 0 Å². The summed E-state index contributed by atoms with van der Waals surface area (Å²) in [7, 11) is 1.83. The Morgan fingerprint density at radius 3 is 2.82 bits per heavy atom. The van der Waals surface area contributed by atoms with E-state index in [0.29, 0.717) is 6.42 Å². The van der Waals surface area contributed by atoms with Crippen LogP contribution in [0.4, 0.5) is 0 Å². The highest BCUT2D eigenvalue weighted by atomic mass is 79.9. The van der Waals surface area contributed by atoms with Gasteiger partial charge in [-0.05, 0) is 28.4 Å². The molecule has 0 saturated heterocycles. The average molecular weight is 295 g/mol. The van der Waals surface area contributed by atoms with Crippen molar-refractivity contribution >= 4 is 15.9 Å². The quantitative estimate of drug-likeness (QED) is 0.945. The maximum Gasteiger partial charge on any atom is 0.101 e. The van der Waals surface area contributed by atoms with Crippen LogP contribution in [0, 0.1) is 6.92 Å². The molecule has 2 aromatic rings. The molecule has 1 aromatic heterocycles. The van der Waals surface area contributed by atoms with Crippen LogP contribution in [-0.4, -0.2) is 14.9 Å². The standard InChI is InChI=1S/C13H15BrN2O/c1-9-4-3-5-10(6-9)7-12(17)13-11(14)8-15-16(13)2/h3-6,8,12,17H,7H2,1-2H3. The normalized spacial score (nSPS) is 12.7. The average Bonchev–Trinajstić information content (AvgIpc) is 2.58. The van der Waals surface area contributed by atoms with Crippen molar-refractivity contribution in [1.29, 1.82) is 0 Å². The van der Waals surface area contributed by atoms with E-state index in [1.165, 1.54) is 5.56 Å². The maximum atomic E-state index is 10.2. The fourth-order valence-electron chi connectivity index (χ4n) is 1.95. The molecule has 4 heteroatoms. The molecule has 1 N–H and O–H groups in total. The molecule has 1 unspecified atom stereocenters. The number of aromatic nitrogens is 2. The second-order valence-corrected chi connectivity index (χ2v) is 5.06. The van der Waals surface area contributed by atoms with Crippen LogP contribution in [0.2, 0.25) is 0 Å². The van der Waals surface area contributed by atoms with E-state index in [9.17, 15) is 5.11 Å². The van der Waals surface area contributed by atoms with Crippen LogP contribution in [0.3, 0.4) is 0 Å². The zero-order valence-electron chi connectivity index (χ0n) is 9.89. The molecule has 1 atom stereocenters. The molecule has 90 valence electrons. The van der Waals surface area contributed by atoms with Gasteiger partial charge in [0, 0.05) is 13.5 Å². The van der Waals surface area contributed by atoms with Gasteiger partial charge in [0.05, 0.1) is 16.4 Å². The molecule has 17 heavy (non-hydrogen) atoms. The number of nitrogens with zero attached hydrogens (tertiary/aromatic N) is 2. The van der Waals surface area contributed by atoms with E-state index in [-0.39, 0.29) is 0 Å². The molecule has 2 rings (SSSR count). The summed E-state index contributed by atoms with van der Waals surface area (Å²) in [6.07, 6.45) is 1.76. The first-order valence-electron chi connectivity index (χ1n) is 5.49. The first kappa shape index (κ1) is 12.3. The Labute approximate surface area is 109 Å². The van der Waals surface area contributed by atoms with Gasteiger partial charge in [-0.3, -0.25) is 4.68 Å². The van der Waals surface area contributed by atoms with E-state index in [4.69, 9.17) is 0 Å². The second-order valence-electron chi connectivity index (χ2n) is 4.21. The number of hydrogen-bond donors (Lipinski definition) is 1. The lowest BCUT2D eigenvalue weighted by atomic mass is 10.0. The molecule has 0 saturated carbocycles. The lowest BCUT2D eigenvalue weighted by Gasteiger charge is -2.12. The van der Waals surface area contributed by atoms with Crippen LogP contribution in [-0.2, 0) is 13.5 Å².